The molecule has 0 aliphatic carbocycles. The van der Waals surface area contributed by atoms with Crippen molar-refractivity contribution in [2.75, 3.05) is 53.6 Å². The van der Waals surface area contributed by atoms with Crippen molar-refractivity contribution < 1.29 is 32.2 Å². The first-order chi connectivity index (χ1) is 16.8. The lowest BCUT2D eigenvalue weighted by Crippen LogP contribution is -2.43. The Morgan fingerprint density at radius 3 is 2.46 bits per heavy atom. The van der Waals surface area contributed by atoms with Gasteiger partial charge < -0.3 is 24.4 Å². The van der Waals surface area contributed by atoms with Crippen LogP contribution in [0.5, 0.6) is 11.5 Å². The van der Waals surface area contributed by atoms with Crippen LogP contribution in [0.3, 0.4) is 0 Å². The number of hydrogen-bond donors (Lipinski definition) is 1. The SMILES string of the molecule is COCCCOc1cc(C(=O)N(CC2CNCC2Cc2ccccc2)CC(F)(F)F)ccc1OC. The summed E-state index contributed by atoms with van der Waals surface area (Å²) in [4.78, 5) is 14.2. The van der Waals surface area contributed by atoms with E-state index in [1.54, 1.807) is 13.2 Å². The number of hydrogen-bond acceptors (Lipinski definition) is 5. The smallest absolute Gasteiger partial charge is 0.406 e. The summed E-state index contributed by atoms with van der Waals surface area (Å²) >= 11 is 0. The van der Waals surface area contributed by atoms with Gasteiger partial charge in [0.2, 0.25) is 0 Å². The summed E-state index contributed by atoms with van der Waals surface area (Å²) < 4.78 is 56.4. The Morgan fingerprint density at radius 2 is 1.77 bits per heavy atom. The Morgan fingerprint density at radius 1 is 1.03 bits per heavy atom. The molecule has 1 N–H and O–H groups in total. The summed E-state index contributed by atoms with van der Waals surface area (Å²) in [6, 6.07) is 14.3. The van der Waals surface area contributed by atoms with Crippen LogP contribution in [0.2, 0.25) is 0 Å². The Balaban J connectivity index is 1.77. The van der Waals surface area contributed by atoms with Crippen LogP contribution in [0.15, 0.2) is 48.5 Å². The number of nitrogens with one attached hydrogen (secondary N) is 1. The van der Waals surface area contributed by atoms with Gasteiger partial charge in [-0.05, 0) is 55.1 Å². The monoisotopic (exact) mass is 494 g/mol. The van der Waals surface area contributed by atoms with Gasteiger partial charge in [-0.1, -0.05) is 30.3 Å². The Bertz CT molecular complexity index is 940. The molecule has 9 heteroatoms. The standard InChI is InChI=1S/C26H33F3N2O4/c1-33-11-6-12-35-24-14-20(9-10-23(24)34-2)25(32)31(18-26(27,28)29)17-22-16-30-15-21(22)13-19-7-4-3-5-8-19/h3-5,7-10,14,21-22,30H,6,11-13,15-18H2,1-2H3. The van der Waals surface area contributed by atoms with Crippen molar-refractivity contribution in [2.24, 2.45) is 11.8 Å². The minimum atomic E-state index is -4.51. The average Bonchev–Trinajstić information content (AvgIpc) is 3.27. The van der Waals surface area contributed by atoms with E-state index in [1.165, 1.54) is 19.2 Å². The fourth-order valence-electron chi connectivity index (χ4n) is 4.37. The molecule has 0 bridgehead atoms. The van der Waals surface area contributed by atoms with Gasteiger partial charge in [-0.2, -0.15) is 13.2 Å². The molecule has 1 heterocycles. The zero-order valence-corrected chi connectivity index (χ0v) is 20.1. The van der Waals surface area contributed by atoms with Gasteiger partial charge in [-0.15, -0.1) is 0 Å². The molecule has 0 saturated carbocycles. The number of ether oxygens (including phenoxy) is 3. The van der Waals surface area contributed by atoms with Gasteiger partial charge >= 0.3 is 6.18 Å². The van der Waals surface area contributed by atoms with E-state index >= 15 is 0 Å². The molecule has 192 valence electrons. The number of carbonyl (C=O) groups is 1. The molecule has 6 nitrogen and oxygen atoms in total. The van der Waals surface area contributed by atoms with E-state index in [0.29, 0.717) is 44.2 Å². The van der Waals surface area contributed by atoms with Crippen LogP contribution in [-0.2, 0) is 11.2 Å². The van der Waals surface area contributed by atoms with Gasteiger partial charge in [0.25, 0.3) is 5.91 Å². The van der Waals surface area contributed by atoms with Crippen LogP contribution >= 0.6 is 0 Å². The van der Waals surface area contributed by atoms with Crippen LogP contribution in [0.4, 0.5) is 13.2 Å². The Labute approximate surface area is 204 Å². The normalized spacial score (nSPS) is 17.9. The number of nitrogens with zero attached hydrogens (tertiary/aromatic N) is 1. The predicted octanol–water partition coefficient (Wildman–Crippen LogP) is 4.19. The highest BCUT2D eigenvalue weighted by atomic mass is 19.4. The Kier molecular flexibility index (Phi) is 9.80. The second kappa shape index (κ2) is 12.8. The molecular weight excluding hydrogens is 461 g/mol. The highest BCUT2D eigenvalue weighted by molar-refractivity contribution is 5.95. The highest BCUT2D eigenvalue weighted by Gasteiger charge is 2.37. The zero-order chi connectivity index (χ0) is 25.3. The van der Waals surface area contributed by atoms with Gasteiger partial charge in [-0.3, -0.25) is 4.79 Å². The van der Waals surface area contributed by atoms with Crippen LogP contribution in [0.1, 0.15) is 22.3 Å². The number of alkyl halides is 3. The summed E-state index contributed by atoms with van der Waals surface area (Å²) in [5.41, 5.74) is 1.26. The molecule has 1 saturated heterocycles. The van der Waals surface area contributed by atoms with Crippen LogP contribution in [-0.4, -0.2) is 70.6 Å². The number of carbonyl (C=O) groups excluding carboxylic acids is 1. The van der Waals surface area contributed by atoms with Gasteiger partial charge in [-0.25, -0.2) is 0 Å². The number of rotatable bonds is 12. The number of methoxy groups -OCH3 is 2. The number of halogens is 3. The average molecular weight is 495 g/mol. The second-order valence-electron chi connectivity index (χ2n) is 8.73. The lowest BCUT2D eigenvalue weighted by atomic mass is 9.89. The van der Waals surface area contributed by atoms with Crippen LogP contribution in [0, 0.1) is 11.8 Å². The molecule has 2 atom stereocenters. The molecule has 1 amide bonds. The molecule has 1 aliphatic heterocycles. The molecule has 2 aromatic rings. The van der Waals surface area contributed by atoms with E-state index < -0.39 is 18.6 Å². The Hall–Kier alpha value is -2.78. The van der Waals surface area contributed by atoms with Crippen molar-refractivity contribution in [2.45, 2.75) is 19.0 Å². The van der Waals surface area contributed by atoms with Gasteiger partial charge in [0, 0.05) is 32.2 Å². The molecule has 1 aliphatic rings. The zero-order valence-electron chi connectivity index (χ0n) is 20.1. The maximum Gasteiger partial charge on any atom is 0.406 e. The number of amides is 1. The first-order valence-corrected chi connectivity index (χ1v) is 11.7. The van der Waals surface area contributed by atoms with Crippen molar-refractivity contribution in [1.82, 2.24) is 10.2 Å². The van der Waals surface area contributed by atoms with Crippen LogP contribution in [0.25, 0.3) is 0 Å². The van der Waals surface area contributed by atoms with Crippen molar-refractivity contribution >= 4 is 5.91 Å². The quantitative estimate of drug-likeness (QED) is 0.449. The molecule has 3 rings (SSSR count). The summed E-state index contributed by atoms with van der Waals surface area (Å²) in [5, 5.41) is 3.28. The minimum Gasteiger partial charge on any atom is -0.493 e. The summed E-state index contributed by atoms with van der Waals surface area (Å²) in [6.07, 6.45) is -3.15. The fraction of sp³-hybridized carbons (Fsp3) is 0.500. The third-order valence-electron chi connectivity index (χ3n) is 6.09. The summed E-state index contributed by atoms with van der Waals surface area (Å²) in [5.74, 6) is 0.0771. The van der Waals surface area contributed by atoms with Crippen molar-refractivity contribution in [1.29, 1.82) is 0 Å². The molecule has 0 aromatic heterocycles. The van der Waals surface area contributed by atoms with E-state index in [-0.39, 0.29) is 23.9 Å². The molecule has 1 fully saturated rings. The van der Waals surface area contributed by atoms with Crippen molar-refractivity contribution in [3.8, 4) is 11.5 Å². The second-order valence-corrected chi connectivity index (χ2v) is 8.73. The topological polar surface area (TPSA) is 60.0 Å². The lowest BCUT2D eigenvalue weighted by Gasteiger charge is -2.29. The van der Waals surface area contributed by atoms with E-state index in [9.17, 15) is 18.0 Å². The summed E-state index contributed by atoms with van der Waals surface area (Å²) in [6.45, 7) is 0.795. The highest BCUT2D eigenvalue weighted by Crippen LogP contribution is 2.30. The predicted molar refractivity (Wildman–Crippen MR) is 127 cm³/mol. The third kappa shape index (κ3) is 8.14. The van der Waals surface area contributed by atoms with Gasteiger partial charge in [0.1, 0.15) is 6.54 Å². The van der Waals surface area contributed by atoms with Gasteiger partial charge in [0.15, 0.2) is 11.5 Å². The molecule has 0 spiro atoms. The number of benzene rings is 2. The van der Waals surface area contributed by atoms with Gasteiger partial charge in [0.05, 0.1) is 13.7 Å². The van der Waals surface area contributed by atoms with E-state index in [4.69, 9.17) is 14.2 Å². The largest absolute Gasteiger partial charge is 0.493 e. The first-order valence-electron chi connectivity index (χ1n) is 11.7. The summed E-state index contributed by atoms with van der Waals surface area (Å²) in [7, 11) is 3.05. The molecule has 0 radical (unpaired) electrons. The minimum absolute atomic E-state index is 0.0128. The van der Waals surface area contributed by atoms with Crippen LogP contribution < -0.4 is 14.8 Å². The molecule has 35 heavy (non-hydrogen) atoms. The lowest BCUT2D eigenvalue weighted by molar-refractivity contribution is -0.141. The fourth-order valence-corrected chi connectivity index (χ4v) is 4.37. The first kappa shape index (κ1) is 26.8. The van der Waals surface area contributed by atoms with Crippen molar-refractivity contribution in [3.05, 3.63) is 59.7 Å². The van der Waals surface area contributed by atoms with E-state index in [0.717, 1.165) is 16.9 Å². The molecule has 2 unspecified atom stereocenters. The van der Waals surface area contributed by atoms with Crippen molar-refractivity contribution in [3.63, 3.8) is 0 Å². The maximum atomic E-state index is 13.5. The third-order valence-corrected chi connectivity index (χ3v) is 6.09. The molecular formula is C26H33F3N2O4. The maximum absolute atomic E-state index is 13.5. The molecule has 2 aromatic carbocycles. The van der Waals surface area contributed by atoms with E-state index in [1.807, 2.05) is 30.3 Å². The van der Waals surface area contributed by atoms with E-state index in [2.05, 4.69) is 5.32 Å².